The lowest BCUT2D eigenvalue weighted by Crippen LogP contribution is -2.39. The van der Waals surface area contributed by atoms with Gasteiger partial charge in [-0.3, -0.25) is 4.99 Å². The van der Waals surface area contributed by atoms with E-state index in [-0.39, 0.29) is 24.0 Å². The van der Waals surface area contributed by atoms with Crippen LogP contribution in [0.4, 0.5) is 0 Å². The Kier molecular flexibility index (Phi) is 8.98. The standard InChI is InChI=1S/C17H27N5.HI/c1-4-6-12-21(3)17(18-5-2)19-11-10-15-14-22-13-8-7-9-16(22)20-15;/h7-9,13-14H,4-6,10-12H2,1-3H3,(H,18,19);1H. The molecular formula is C17H28IN5. The molecular weight excluding hydrogens is 401 g/mol. The number of nitrogens with zero attached hydrogens (tertiary/aromatic N) is 4. The van der Waals surface area contributed by atoms with Crippen LogP contribution in [-0.4, -0.2) is 46.9 Å². The smallest absolute Gasteiger partial charge is 0.193 e. The molecule has 2 heterocycles. The zero-order valence-corrected chi connectivity index (χ0v) is 16.7. The first kappa shape index (κ1) is 19.7. The number of unbranched alkanes of at least 4 members (excludes halogenated alkanes) is 1. The van der Waals surface area contributed by atoms with Gasteiger partial charge in [-0.05, 0) is 25.5 Å². The highest BCUT2D eigenvalue weighted by molar-refractivity contribution is 14.0. The second-order valence-corrected chi connectivity index (χ2v) is 5.46. The zero-order chi connectivity index (χ0) is 15.8. The summed E-state index contributed by atoms with van der Waals surface area (Å²) in [7, 11) is 2.10. The molecule has 1 N–H and O–H groups in total. The Morgan fingerprint density at radius 3 is 2.87 bits per heavy atom. The van der Waals surface area contributed by atoms with Crippen molar-refractivity contribution in [3.8, 4) is 0 Å². The molecule has 0 amide bonds. The Balaban J connectivity index is 0.00000264. The predicted molar refractivity (Wildman–Crippen MR) is 108 cm³/mol. The van der Waals surface area contributed by atoms with Crippen molar-refractivity contribution in [1.82, 2.24) is 19.6 Å². The molecule has 5 nitrogen and oxygen atoms in total. The van der Waals surface area contributed by atoms with E-state index < -0.39 is 0 Å². The molecule has 2 aromatic heterocycles. The van der Waals surface area contributed by atoms with Gasteiger partial charge in [0.2, 0.25) is 0 Å². The van der Waals surface area contributed by atoms with Gasteiger partial charge in [0.1, 0.15) is 5.65 Å². The van der Waals surface area contributed by atoms with Crippen LogP contribution in [0.15, 0.2) is 35.6 Å². The highest BCUT2D eigenvalue weighted by Gasteiger charge is 2.05. The van der Waals surface area contributed by atoms with Crippen LogP contribution in [0, 0.1) is 0 Å². The summed E-state index contributed by atoms with van der Waals surface area (Å²) in [6.45, 7) is 7.00. The van der Waals surface area contributed by atoms with Crippen molar-refractivity contribution in [2.24, 2.45) is 4.99 Å². The minimum Gasteiger partial charge on any atom is -0.357 e. The molecule has 0 unspecified atom stereocenters. The lowest BCUT2D eigenvalue weighted by molar-refractivity contribution is 0.465. The van der Waals surface area contributed by atoms with E-state index in [0.29, 0.717) is 0 Å². The third-order valence-electron chi connectivity index (χ3n) is 3.59. The molecule has 128 valence electrons. The molecule has 0 aliphatic rings. The maximum absolute atomic E-state index is 4.71. The van der Waals surface area contributed by atoms with Gasteiger partial charge in [-0.2, -0.15) is 0 Å². The number of guanidine groups is 1. The molecule has 0 spiro atoms. The molecule has 2 rings (SSSR count). The Morgan fingerprint density at radius 1 is 1.35 bits per heavy atom. The number of nitrogens with one attached hydrogen (secondary N) is 1. The highest BCUT2D eigenvalue weighted by atomic mass is 127. The van der Waals surface area contributed by atoms with E-state index in [0.717, 1.165) is 43.4 Å². The molecule has 0 fully saturated rings. The third kappa shape index (κ3) is 6.01. The quantitative estimate of drug-likeness (QED) is 0.418. The van der Waals surface area contributed by atoms with Crippen molar-refractivity contribution < 1.29 is 0 Å². The molecule has 0 bridgehead atoms. The van der Waals surface area contributed by atoms with Gasteiger partial charge >= 0.3 is 0 Å². The van der Waals surface area contributed by atoms with Crippen LogP contribution in [-0.2, 0) is 6.42 Å². The summed E-state index contributed by atoms with van der Waals surface area (Å²) in [4.78, 5) is 11.5. The van der Waals surface area contributed by atoms with Gasteiger partial charge in [0, 0.05) is 45.5 Å². The monoisotopic (exact) mass is 429 g/mol. The van der Waals surface area contributed by atoms with Gasteiger partial charge in [-0.1, -0.05) is 19.4 Å². The Hall–Kier alpha value is -1.31. The van der Waals surface area contributed by atoms with Crippen molar-refractivity contribution in [2.75, 3.05) is 26.7 Å². The molecule has 0 atom stereocenters. The van der Waals surface area contributed by atoms with Gasteiger partial charge in [-0.25, -0.2) is 4.98 Å². The number of imidazole rings is 1. The molecule has 6 heteroatoms. The van der Waals surface area contributed by atoms with Crippen LogP contribution in [0.3, 0.4) is 0 Å². The number of halogens is 1. The van der Waals surface area contributed by atoms with Gasteiger partial charge in [-0.15, -0.1) is 24.0 Å². The minimum atomic E-state index is 0. The summed E-state index contributed by atoms with van der Waals surface area (Å²) < 4.78 is 2.05. The fraction of sp³-hybridized carbons (Fsp3) is 0.529. The number of pyridine rings is 1. The second kappa shape index (κ2) is 10.5. The van der Waals surface area contributed by atoms with Crippen LogP contribution in [0.5, 0.6) is 0 Å². The van der Waals surface area contributed by atoms with Gasteiger partial charge in [0.05, 0.1) is 5.69 Å². The molecule has 2 aromatic rings. The average molecular weight is 429 g/mol. The van der Waals surface area contributed by atoms with Crippen LogP contribution in [0.25, 0.3) is 5.65 Å². The summed E-state index contributed by atoms with van der Waals surface area (Å²) in [6.07, 6.45) is 7.35. The second-order valence-electron chi connectivity index (χ2n) is 5.46. The van der Waals surface area contributed by atoms with Crippen molar-refractivity contribution in [3.05, 3.63) is 36.3 Å². The summed E-state index contributed by atoms with van der Waals surface area (Å²) in [5, 5.41) is 3.35. The molecule has 0 saturated heterocycles. The van der Waals surface area contributed by atoms with Gasteiger partial charge < -0.3 is 14.6 Å². The zero-order valence-electron chi connectivity index (χ0n) is 14.3. The van der Waals surface area contributed by atoms with E-state index in [2.05, 4.69) is 46.7 Å². The topological polar surface area (TPSA) is 44.9 Å². The third-order valence-corrected chi connectivity index (χ3v) is 3.59. The molecule has 0 radical (unpaired) electrons. The van der Waals surface area contributed by atoms with E-state index in [4.69, 9.17) is 4.99 Å². The number of rotatable bonds is 7. The molecule has 0 aliphatic heterocycles. The van der Waals surface area contributed by atoms with E-state index in [1.54, 1.807) is 0 Å². The summed E-state index contributed by atoms with van der Waals surface area (Å²) in [6, 6.07) is 6.05. The van der Waals surface area contributed by atoms with Crippen LogP contribution in [0.1, 0.15) is 32.4 Å². The highest BCUT2D eigenvalue weighted by Crippen LogP contribution is 2.05. The first-order chi connectivity index (χ1) is 10.7. The Bertz CT molecular complexity index is 575. The van der Waals surface area contributed by atoms with E-state index in [1.807, 2.05) is 24.4 Å². The molecule has 0 aliphatic carbocycles. The maximum atomic E-state index is 4.71. The number of hydrogen-bond donors (Lipinski definition) is 1. The van der Waals surface area contributed by atoms with Gasteiger partial charge in [0.25, 0.3) is 0 Å². The number of fused-ring (bicyclic) bond motifs is 1. The lowest BCUT2D eigenvalue weighted by Gasteiger charge is -2.21. The number of aromatic nitrogens is 2. The SMILES string of the molecule is CCCCN(C)C(=NCCc1cn2ccccc2n1)NCC.I. The lowest BCUT2D eigenvalue weighted by atomic mass is 10.3. The Labute approximate surface area is 156 Å². The minimum absolute atomic E-state index is 0. The Morgan fingerprint density at radius 2 is 2.17 bits per heavy atom. The summed E-state index contributed by atoms with van der Waals surface area (Å²) >= 11 is 0. The first-order valence-electron chi connectivity index (χ1n) is 8.16. The van der Waals surface area contributed by atoms with E-state index in [1.165, 1.54) is 12.8 Å². The predicted octanol–water partition coefficient (Wildman–Crippen LogP) is 3.19. The van der Waals surface area contributed by atoms with Crippen molar-refractivity contribution in [1.29, 1.82) is 0 Å². The maximum Gasteiger partial charge on any atom is 0.193 e. The number of aliphatic imine (C=N–C) groups is 1. The fourth-order valence-corrected chi connectivity index (χ4v) is 2.35. The fourth-order valence-electron chi connectivity index (χ4n) is 2.35. The summed E-state index contributed by atoms with van der Waals surface area (Å²) in [5.74, 6) is 0.986. The van der Waals surface area contributed by atoms with Crippen LogP contribution >= 0.6 is 24.0 Å². The number of hydrogen-bond acceptors (Lipinski definition) is 2. The normalized spacial score (nSPS) is 11.3. The van der Waals surface area contributed by atoms with E-state index in [9.17, 15) is 0 Å². The molecule has 23 heavy (non-hydrogen) atoms. The molecule has 0 saturated carbocycles. The molecule has 0 aromatic carbocycles. The van der Waals surface area contributed by atoms with Crippen LogP contribution in [0.2, 0.25) is 0 Å². The van der Waals surface area contributed by atoms with Crippen LogP contribution < -0.4 is 5.32 Å². The van der Waals surface area contributed by atoms with Crippen molar-refractivity contribution in [3.63, 3.8) is 0 Å². The van der Waals surface area contributed by atoms with Gasteiger partial charge in [0.15, 0.2) is 5.96 Å². The van der Waals surface area contributed by atoms with Crippen molar-refractivity contribution in [2.45, 2.75) is 33.1 Å². The van der Waals surface area contributed by atoms with E-state index >= 15 is 0 Å². The largest absolute Gasteiger partial charge is 0.357 e. The average Bonchev–Trinajstić information content (AvgIpc) is 2.94. The summed E-state index contributed by atoms with van der Waals surface area (Å²) in [5.41, 5.74) is 2.08. The first-order valence-corrected chi connectivity index (χ1v) is 8.16. The van der Waals surface area contributed by atoms with Crippen molar-refractivity contribution >= 4 is 35.6 Å².